The maximum Gasteiger partial charge on any atom is 0.257 e. The molecule has 0 saturated heterocycles. The molecule has 2 heterocycles. The Balaban J connectivity index is 2.14. The van der Waals surface area contributed by atoms with E-state index in [-0.39, 0.29) is 5.91 Å². The number of amides is 1. The molecule has 0 aromatic carbocycles. The summed E-state index contributed by atoms with van der Waals surface area (Å²) in [5.74, 6) is 0.984. The van der Waals surface area contributed by atoms with Crippen LogP contribution >= 0.6 is 0 Å². The zero-order valence-electron chi connectivity index (χ0n) is 10.3. The number of aromatic nitrogens is 2. The van der Waals surface area contributed by atoms with E-state index < -0.39 is 0 Å². The van der Waals surface area contributed by atoms with Gasteiger partial charge in [0.1, 0.15) is 11.6 Å². The van der Waals surface area contributed by atoms with E-state index in [9.17, 15) is 4.79 Å². The van der Waals surface area contributed by atoms with Crippen molar-refractivity contribution >= 4 is 17.5 Å². The third-order valence-corrected chi connectivity index (χ3v) is 2.43. The number of anilines is 2. The molecule has 2 aromatic rings. The Morgan fingerprint density at radius 3 is 2.67 bits per heavy atom. The zero-order valence-corrected chi connectivity index (χ0v) is 10.3. The van der Waals surface area contributed by atoms with E-state index in [2.05, 4.69) is 20.6 Å². The van der Waals surface area contributed by atoms with Gasteiger partial charge in [0.25, 0.3) is 5.91 Å². The molecule has 2 rings (SSSR count). The lowest BCUT2D eigenvalue weighted by molar-refractivity contribution is 0.102. The molecule has 0 aliphatic carbocycles. The fourth-order valence-corrected chi connectivity index (χ4v) is 1.44. The van der Waals surface area contributed by atoms with Gasteiger partial charge in [-0.3, -0.25) is 4.79 Å². The number of nitrogens with zero attached hydrogens (tertiary/aromatic N) is 2. The van der Waals surface area contributed by atoms with Crippen molar-refractivity contribution in [3.05, 3.63) is 47.8 Å². The van der Waals surface area contributed by atoms with Crippen LogP contribution in [-0.4, -0.2) is 22.9 Å². The molecule has 0 aliphatic rings. The number of hydrogen-bond donors (Lipinski definition) is 2. The number of carbonyl (C=O) groups is 1. The monoisotopic (exact) mass is 242 g/mol. The minimum absolute atomic E-state index is 0.203. The number of rotatable bonds is 3. The van der Waals surface area contributed by atoms with Crippen LogP contribution in [0.2, 0.25) is 0 Å². The SMILES string of the molecule is CNc1cc(C(=O)Nc2ccc(C)cn2)ccn1. The maximum absolute atomic E-state index is 12.0. The van der Waals surface area contributed by atoms with Gasteiger partial charge in [-0.05, 0) is 30.7 Å². The maximum atomic E-state index is 12.0. The fourth-order valence-electron chi connectivity index (χ4n) is 1.44. The first kappa shape index (κ1) is 12.0. The highest BCUT2D eigenvalue weighted by molar-refractivity contribution is 6.04. The normalized spacial score (nSPS) is 9.89. The number of aryl methyl sites for hydroxylation is 1. The van der Waals surface area contributed by atoms with Crippen molar-refractivity contribution in [2.75, 3.05) is 17.7 Å². The van der Waals surface area contributed by atoms with Crippen molar-refractivity contribution in [1.82, 2.24) is 9.97 Å². The van der Waals surface area contributed by atoms with Crippen LogP contribution in [0.1, 0.15) is 15.9 Å². The summed E-state index contributed by atoms with van der Waals surface area (Å²) in [4.78, 5) is 20.1. The van der Waals surface area contributed by atoms with Crippen LogP contribution in [0.25, 0.3) is 0 Å². The molecule has 2 aromatic heterocycles. The van der Waals surface area contributed by atoms with Crippen molar-refractivity contribution in [1.29, 1.82) is 0 Å². The second-order valence-electron chi connectivity index (χ2n) is 3.85. The van der Waals surface area contributed by atoms with Gasteiger partial charge >= 0.3 is 0 Å². The molecule has 0 fully saturated rings. The Morgan fingerprint density at radius 1 is 1.17 bits per heavy atom. The molecule has 0 saturated carbocycles. The van der Waals surface area contributed by atoms with Crippen molar-refractivity contribution in [3.8, 4) is 0 Å². The second-order valence-corrected chi connectivity index (χ2v) is 3.85. The molecule has 0 aliphatic heterocycles. The van der Waals surface area contributed by atoms with Gasteiger partial charge in [0.2, 0.25) is 0 Å². The fraction of sp³-hybridized carbons (Fsp3) is 0.154. The molecular formula is C13H14N4O. The summed E-state index contributed by atoms with van der Waals surface area (Å²) in [5.41, 5.74) is 1.59. The molecule has 0 atom stereocenters. The molecule has 0 unspecified atom stereocenters. The Bertz CT molecular complexity index is 551. The predicted octanol–water partition coefficient (Wildman–Crippen LogP) is 2.08. The number of nitrogens with one attached hydrogen (secondary N) is 2. The smallest absolute Gasteiger partial charge is 0.257 e. The predicted molar refractivity (Wildman–Crippen MR) is 70.7 cm³/mol. The number of carbonyl (C=O) groups excluding carboxylic acids is 1. The standard InChI is InChI=1S/C13H14N4O/c1-9-3-4-11(16-8-9)17-13(18)10-5-6-15-12(7-10)14-2/h3-8H,1-2H3,(H,14,15)(H,16,17,18). The molecule has 0 spiro atoms. The minimum Gasteiger partial charge on any atom is -0.373 e. The van der Waals surface area contributed by atoms with Crippen molar-refractivity contribution in [3.63, 3.8) is 0 Å². The first-order valence-electron chi connectivity index (χ1n) is 5.57. The first-order valence-corrected chi connectivity index (χ1v) is 5.57. The summed E-state index contributed by atoms with van der Waals surface area (Å²) in [6, 6.07) is 7.01. The highest BCUT2D eigenvalue weighted by Gasteiger charge is 2.07. The van der Waals surface area contributed by atoms with Crippen molar-refractivity contribution in [2.24, 2.45) is 0 Å². The summed E-state index contributed by atoms with van der Waals surface area (Å²) >= 11 is 0. The highest BCUT2D eigenvalue weighted by atomic mass is 16.1. The molecule has 0 radical (unpaired) electrons. The third-order valence-electron chi connectivity index (χ3n) is 2.43. The summed E-state index contributed by atoms with van der Waals surface area (Å²) in [7, 11) is 1.76. The Hall–Kier alpha value is -2.43. The van der Waals surface area contributed by atoms with Crippen LogP contribution in [0.3, 0.4) is 0 Å². The van der Waals surface area contributed by atoms with E-state index in [4.69, 9.17) is 0 Å². The Kier molecular flexibility index (Phi) is 3.52. The summed E-state index contributed by atoms with van der Waals surface area (Å²) in [6.07, 6.45) is 3.30. The van der Waals surface area contributed by atoms with Crippen LogP contribution in [0, 0.1) is 6.92 Å². The van der Waals surface area contributed by atoms with Crippen molar-refractivity contribution in [2.45, 2.75) is 6.92 Å². The van der Waals surface area contributed by atoms with E-state index in [1.165, 1.54) is 0 Å². The van der Waals surface area contributed by atoms with E-state index in [0.29, 0.717) is 17.2 Å². The molecule has 2 N–H and O–H groups in total. The molecule has 18 heavy (non-hydrogen) atoms. The largest absolute Gasteiger partial charge is 0.373 e. The number of pyridine rings is 2. The van der Waals surface area contributed by atoms with Crippen LogP contribution in [0.5, 0.6) is 0 Å². The zero-order chi connectivity index (χ0) is 13.0. The first-order chi connectivity index (χ1) is 8.69. The molecular weight excluding hydrogens is 228 g/mol. The molecule has 92 valence electrons. The minimum atomic E-state index is -0.203. The van der Waals surface area contributed by atoms with Gasteiger partial charge in [0, 0.05) is 25.0 Å². The highest BCUT2D eigenvalue weighted by Crippen LogP contribution is 2.09. The third kappa shape index (κ3) is 2.82. The average Bonchev–Trinajstić information content (AvgIpc) is 2.41. The summed E-state index contributed by atoms with van der Waals surface area (Å²) in [5, 5.41) is 5.62. The van der Waals surface area contributed by atoms with Crippen LogP contribution in [0.4, 0.5) is 11.6 Å². The van der Waals surface area contributed by atoms with E-state index in [1.54, 1.807) is 37.6 Å². The van der Waals surface area contributed by atoms with Gasteiger partial charge in [-0.15, -0.1) is 0 Å². The Labute approximate surface area is 105 Å². The summed E-state index contributed by atoms with van der Waals surface area (Å²) in [6.45, 7) is 1.95. The molecule has 5 nitrogen and oxygen atoms in total. The number of hydrogen-bond acceptors (Lipinski definition) is 4. The lowest BCUT2D eigenvalue weighted by Gasteiger charge is -2.05. The van der Waals surface area contributed by atoms with E-state index >= 15 is 0 Å². The van der Waals surface area contributed by atoms with Crippen LogP contribution in [-0.2, 0) is 0 Å². The summed E-state index contributed by atoms with van der Waals surface area (Å²) < 4.78 is 0. The van der Waals surface area contributed by atoms with Gasteiger partial charge < -0.3 is 10.6 Å². The van der Waals surface area contributed by atoms with E-state index in [0.717, 1.165) is 5.56 Å². The lowest BCUT2D eigenvalue weighted by Crippen LogP contribution is -2.13. The van der Waals surface area contributed by atoms with Gasteiger partial charge in [-0.2, -0.15) is 0 Å². The average molecular weight is 242 g/mol. The van der Waals surface area contributed by atoms with Gasteiger partial charge in [0.05, 0.1) is 0 Å². The van der Waals surface area contributed by atoms with Crippen LogP contribution < -0.4 is 10.6 Å². The van der Waals surface area contributed by atoms with Gasteiger partial charge in [-0.1, -0.05) is 6.07 Å². The van der Waals surface area contributed by atoms with Gasteiger partial charge in [-0.25, -0.2) is 9.97 Å². The second kappa shape index (κ2) is 5.27. The molecule has 5 heteroatoms. The lowest BCUT2D eigenvalue weighted by atomic mass is 10.2. The van der Waals surface area contributed by atoms with E-state index in [1.807, 2.05) is 13.0 Å². The van der Waals surface area contributed by atoms with Crippen LogP contribution in [0.15, 0.2) is 36.7 Å². The molecule has 1 amide bonds. The Morgan fingerprint density at radius 2 is 2.00 bits per heavy atom. The van der Waals surface area contributed by atoms with Gasteiger partial charge in [0.15, 0.2) is 0 Å². The quantitative estimate of drug-likeness (QED) is 0.864. The molecule has 0 bridgehead atoms. The van der Waals surface area contributed by atoms with Crippen molar-refractivity contribution < 1.29 is 4.79 Å². The topological polar surface area (TPSA) is 66.9 Å².